The number of nitrogens with zero attached hydrogens (tertiary/aromatic N) is 1. The molecule has 0 spiro atoms. The van der Waals surface area contributed by atoms with E-state index in [2.05, 4.69) is 18.9 Å². The molecule has 0 aromatic rings. The first kappa shape index (κ1) is 13.9. The van der Waals surface area contributed by atoms with Gasteiger partial charge in [-0.25, -0.2) is 0 Å². The molecule has 2 N–H and O–H groups in total. The van der Waals surface area contributed by atoms with Crippen LogP contribution >= 0.6 is 0 Å². The highest BCUT2D eigenvalue weighted by Gasteiger charge is 2.22. The second-order valence-corrected chi connectivity index (χ2v) is 5.29. The van der Waals surface area contributed by atoms with E-state index in [1.54, 1.807) is 7.11 Å². The van der Waals surface area contributed by atoms with Crippen LogP contribution in [0.25, 0.3) is 0 Å². The Morgan fingerprint density at radius 3 is 2.75 bits per heavy atom. The lowest BCUT2D eigenvalue weighted by molar-refractivity contribution is 0.0801. The molecule has 1 aliphatic rings. The van der Waals surface area contributed by atoms with Crippen LogP contribution in [0.5, 0.6) is 0 Å². The van der Waals surface area contributed by atoms with Gasteiger partial charge in [0.2, 0.25) is 0 Å². The largest absolute Gasteiger partial charge is 0.380 e. The molecular weight excluding hydrogens is 200 g/mol. The van der Waals surface area contributed by atoms with Crippen molar-refractivity contribution in [2.75, 3.05) is 27.2 Å². The second-order valence-electron chi connectivity index (χ2n) is 5.29. The van der Waals surface area contributed by atoms with Crippen LogP contribution in [-0.2, 0) is 4.74 Å². The summed E-state index contributed by atoms with van der Waals surface area (Å²) in [4.78, 5) is 2.50. The van der Waals surface area contributed by atoms with Gasteiger partial charge in [-0.15, -0.1) is 0 Å². The minimum Gasteiger partial charge on any atom is -0.380 e. The number of methoxy groups -OCH3 is 1. The van der Waals surface area contributed by atoms with Crippen LogP contribution in [-0.4, -0.2) is 44.3 Å². The third-order valence-electron chi connectivity index (χ3n) is 3.93. The summed E-state index contributed by atoms with van der Waals surface area (Å²) in [5.41, 5.74) is 5.63. The van der Waals surface area contributed by atoms with Gasteiger partial charge in [0.15, 0.2) is 0 Å². The highest BCUT2D eigenvalue weighted by molar-refractivity contribution is 4.77. The van der Waals surface area contributed by atoms with Crippen molar-refractivity contribution in [2.45, 2.75) is 51.2 Å². The van der Waals surface area contributed by atoms with Crippen LogP contribution in [0.15, 0.2) is 0 Å². The van der Waals surface area contributed by atoms with E-state index in [1.165, 1.54) is 25.7 Å². The van der Waals surface area contributed by atoms with Gasteiger partial charge < -0.3 is 15.4 Å². The molecule has 0 saturated heterocycles. The molecule has 0 aromatic carbocycles. The van der Waals surface area contributed by atoms with Crippen molar-refractivity contribution < 1.29 is 4.74 Å². The third-order valence-corrected chi connectivity index (χ3v) is 3.93. The predicted octanol–water partition coefficient (Wildman–Crippen LogP) is 1.86. The summed E-state index contributed by atoms with van der Waals surface area (Å²) in [6.07, 6.45) is 6.80. The van der Waals surface area contributed by atoms with Gasteiger partial charge in [0.25, 0.3) is 0 Å². The number of hydrogen-bond donors (Lipinski definition) is 1. The highest BCUT2D eigenvalue weighted by Crippen LogP contribution is 2.26. The first-order valence-corrected chi connectivity index (χ1v) is 6.60. The monoisotopic (exact) mass is 228 g/mol. The Balaban J connectivity index is 2.25. The van der Waals surface area contributed by atoms with Gasteiger partial charge in [0, 0.05) is 26.2 Å². The molecule has 0 bridgehead atoms. The lowest BCUT2D eigenvalue weighted by atomic mass is 9.86. The van der Waals surface area contributed by atoms with Crippen LogP contribution in [0.4, 0.5) is 0 Å². The Morgan fingerprint density at radius 2 is 2.19 bits per heavy atom. The first-order valence-electron chi connectivity index (χ1n) is 6.60. The molecule has 1 fully saturated rings. The van der Waals surface area contributed by atoms with E-state index in [0.717, 1.165) is 24.9 Å². The summed E-state index contributed by atoms with van der Waals surface area (Å²) in [5.74, 6) is 0.897. The lowest BCUT2D eigenvalue weighted by Crippen LogP contribution is -2.38. The standard InChI is InChI=1S/C13H28N2O/c1-11-5-4-6-12(9-11)15(2)8-7-13(10-14)16-3/h11-13H,4-10,14H2,1-3H3. The number of hydrogen-bond acceptors (Lipinski definition) is 3. The van der Waals surface area contributed by atoms with E-state index in [4.69, 9.17) is 10.5 Å². The van der Waals surface area contributed by atoms with Gasteiger partial charge in [-0.3, -0.25) is 0 Å². The minimum absolute atomic E-state index is 0.225. The first-order chi connectivity index (χ1) is 7.67. The molecule has 0 aromatic heterocycles. The molecule has 1 saturated carbocycles. The zero-order chi connectivity index (χ0) is 12.0. The fourth-order valence-electron chi connectivity index (χ4n) is 2.66. The molecular formula is C13H28N2O. The highest BCUT2D eigenvalue weighted by atomic mass is 16.5. The van der Waals surface area contributed by atoms with Crippen molar-refractivity contribution in [3.8, 4) is 0 Å². The van der Waals surface area contributed by atoms with E-state index in [0.29, 0.717) is 6.54 Å². The van der Waals surface area contributed by atoms with Crippen LogP contribution in [0.3, 0.4) is 0 Å². The maximum Gasteiger partial charge on any atom is 0.0705 e. The molecule has 96 valence electrons. The van der Waals surface area contributed by atoms with Gasteiger partial charge >= 0.3 is 0 Å². The number of ether oxygens (including phenoxy) is 1. The maximum absolute atomic E-state index is 5.63. The minimum atomic E-state index is 0.225. The van der Waals surface area contributed by atoms with Crippen molar-refractivity contribution in [1.82, 2.24) is 4.90 Å². The van der Waals surface area contributed by atoms with Gasteiger partial charge in [-0.2, -0.15) is 0 Å². The molecule has 1 aliphatic carbocycles. The number of rotatable bonds is 6. The van der Waals surface area contributed by atoms with E-state index in [-0.39, 0.29) is 6.10 Å². The number of nitrogens with two attached hydrogens (primary N) is 1. The van der Waals surface area contributed by atoms with E-state index in [1.807, 2.05) is 0 Å². The average molecular weight is 228 g/mol. The van der Waals surface area contributed by atoms with Gasteiger partial charge in [-0.1, -0.05) is 19.8 Å². The Hall–Kier alpha value is -0.120. The van der Waals surface area contributed by atoms with E-state index < -0.39 is 0 Å². The molecule has 3 heteroatoms. The lowest BCUT2D eigenvalue weighted by Gasteiger charge is -2.34. The smallest absolute Gasteiger partial charge is 0.0705 e. The predicted molar refractivity (Wildman–Crippen MR) is 68.5 cm³/mol. The van der Waals surface area contributed by atoms with Crippen molar-refractivity contribution in [1.29, 1.82) is 0 Å². The van der Waals surface area contributed by atoms with Crippen LogP contribution in [0.1, 0.15) is 39.0 Å². The average Bonchev–Trinajstić information content (AvgIpc) is 2.30. The normalized spacial score (nSPS) is 28.3. The molecule has 1 rings (SSSR count). The molecule has 16 heavy (non-hydrogen) atoms. The van der Waals surface area contributed by atoms with Gasteiger partial charge in [0.1, 0.15) is 0 Å². The maximum atomic E-state index is 5.63. The summed E-state index contributed by atoms with van der Waals surface area (Å²) < 4.78 is 5.31. The molecule has 0 aliphatic heterocycles. The molecule has 0 radical (unpaired) electrons. The Bertz CT molecular complexity index is 183. The topological polar surface area (TPSA) is 38.5 Å². The van der Waals surface area contributed by atoms with Crippen LogP contribution in [0.2, 0.25) is 0 Å². The molecule has 0 heterocycles. The summed E-state index contributed by atoms with van der Waals surface area (Å²) in [5, 5.41) is 0. The molecule has 0 amide bonds. The van der Waals surface area contributed by atoms with Crippen LogP contribution < -0.4 is 5.73 Å². The molecule has 3 atom stereocenters. The summed E-state index contributed by atoms with van der Waals surface area (Å²) in [7, 11) is 3.99. The second kappa shape index (κ2) is 7.25. The SMILES string of the molecule is COC(CN)CCN(C)C1CCCC(C)C1. The zero-order valence-electron chi connectivity index (χ0n) is 11.1. The van der Waals surface area contributed by atoms with Crippen molar-refractivity contribution in [2.24, 2.45) is 11.7 Å². The van der Waals surface area contributed by atoms with Gasteiger partial charge in [0.05, 0.1) is 6.10 Å². The van der Waals surface area contributed by atoms with Crippen molar-refractivity contribution >= 4 is 0 Å². The molecule has 3 unspecified atom stereocenters. The summed E-state index contributed by atoms with van der Waals surface area (Å²) >= 11 is 0. The quantitative estimate of drug-likeness (QED) is 0.754. The Kier molecular flexibility index (Phi) is 6.32. The summed E-state index contributed by atoms with van der Waals surface area (Å²) in [6.45, 7) is 4.11. The van der Waals surface area contributed by atoms with E-state index in [9.17, 15) is 0 Å². The fraction of sp³-hybridized carbons (Fsp3) is 1.00. The summed E-state index contributed by atoms with van der Waals surface area (Å²) in [6, 6.07) is 0.777. The zero-order valence-corrected chi connectivity index (χ0v) is 11.1. The molecule has 3 nitrogen and oxygen atoms in total. The van der Waals surface area contributed by atoms with Crippen LogP contribution in [0, 0.1) is 5.92 Å². The third kappa shape index (κ3) is 4.40. The van der Waals surface area contributed by atoms with Crippen molar-refractivity contribution in [3.05, 3.63) is 0 Å². The fourth-order valence-corrected chi connectivity index (χ4v) is 2.66. The Labute approximate surface area is 100 Å². The van der Waals surface area contributed by atoms with Crippen molar-refractivity contribution in [3.63, 3.8) is 0 Å². The van der Waals surface area contributed by atoms with E-state index >= 15 is 0 Å². The van der Waals surface area contributed by atoms with Gasteiger partial charge in [-0.05, 0) is 32.2 Å². The Morgan fingerprint density at radius 1 is 1.44 bits per heavy atom.